The van der Waals surface area contributed by atoms with Gasteiger partial charge in [0.15, 0.2) is 6.04 Å². The first-order valence-electron chi connectivity index (χ1n) is 9.08. The lowest BCUT2D eigenvalue weighted by Gasteiger charge is -2.23. The van der Waals surface area contributed by atoms with E-state index in [1.807, 2.05) is 26.8 Å². The van der Waals surface area contributed by atoms with Gasteiger partial charge in [-0.05, 0) is 38.8 Å². The van der Waals surface area contributed by atoms with E-state index in [1.54, 1.807) is 0 Å². The average Bonchev–Trinajstić information content (AvgIpc) is 2.55. The van der Waals surface area contributed by atoms with Gasteiger partial charge in [-0.3, -0.25) is 4.79 Å². The Hall–Kier alpha value is -2.13. The molecule has 2 atom stereocenters. The highest BCUT2D eigenvalue weighted by Gasteiger charge is 2.26. The summed E-state index contributed by atoms with van der Waals surface area (Å²) in [5.74, 6) is 0.497. The maximum Gasteiger partial charge on any atom is 0.282 e. The third kappa shape index (κ3) is 4.93. The maximum atomic E-state index is 12.7. The molecule has 0 aliphatic rings. The molecule has 2 aromatic carbocycles. The Bertz CT molecular complexity index is 699. The number of carbonyl (C=O) groups is 1. The first kappa shape index (κ1) is 19.2. The number of carbonyl (C=O) groups excluding carboxylic acids is 1. The van der Waals surface area contributed by atoms with Gasteiger partial charge >= 0.3 is 0 Å². The molecule has 2 rings (SSSR count). The van der Waals surface area contributed by atoms with Crippen LogP contribution in [0.5, 0.6) is 0 Å². The quantitative estimate of drug-likeness (QED) is 0.824. The van der Waals surface area contributed by atoms with Crippen molar-refractivity contribution >= 4 is 11.6 Å². The van der Waals surface area contributed by atoms with Gasteiger partial charge in [0.25, 0.3) is 5.91 Å². The van der Waals surface area contributed by atoms with E-state index < -0.39 is 0 Å². The smallest absolute Gasteiger partial charge is 0.282 e. The molecule has 3 heteroatoms. The summed E-state index contributed by atoms with van der Waals surface area (Å²) in [6, 6.07) is 14.7. The lowest BCUT2D eigenvalue weighted by atomic mass is 9.95. The SMILES string of the molecule is Cc1cc(C)c(NC(=O)[C@H](C)[NH2+][C@@H](c2ccccc2)C(C)C)c(C)c1. The summed E-state index contributed by atoms with van der Waals surface area (Å²) in [5, 5.41) is 5.31. The van der Waals surface area contributed by atoms with Crippen LogP contribution in [0.3, 0.4) is 0 Å². The van der Waals surface area contributed by atoms with Crippen molar-refractivity contribution in [1.82, 2.24) is 0 Å². The van der Waals surface area contributed by atoms with Gasteiger partial charge in [-0.2, -0.15) is 0 Å². The zero-order chi connectivity index (χ0) is 18.6. The fourth-order valence-electron chi connectivity index (χ4n) is 3.41. The number of amides is 1. The van der Waals surface area contributed by atoms with E-state index in [0.717, 1.165) is 16.8 Å². The topological polar surface area (TPSA) is 45.7 Å². The van der Waals surface area contributed by atoms with Crippen LogP contribution in [-0.2, 0) is 4.79 Å². The predicted molar refractivity (Wildman–Crippen MR) is 105 cm³/mol. The summed E-state index contributed by atoms with van der Waals surface area (Å²) in [4.78, 5) is 12.7. The molecule has 0 saturated heterocycles. The molecule has 0 bridgehead atoms. The average molecular weight is 340 g/mol. The minimum absolute atomic E-state index is 0.0524. The van der Waals surface area contributed by atoms with E-state index in [4.69, 9.17) is 0 Å². The van der Waals surface area contributed by atoms with Crippen molar-refractivity contribution < 1.29 is 10.1 Å². The van der Waals surface area contributed by atoms with Gasteiger partial charge in [-0.25, -0.2) is 0 Å². The number of quaternary nitrogens is 1. The molecule has 25 heavy (non-hydrogen) atoms. The van der Waals surface area contributed by atoms with Crippen molar-refractivity contribution in [3.8, 4) is 0 Å². The molecule has 0 spiro atoms. The second kappa shape index (κ2) is 8.30. The van der Waals surface area contributed by atoms with Crippen molar-refractivity contribution in [2.24, 2.45) is 5.92 Å². The lowest BCUT2D eigenvalue weighted by molar-refractivity contribution is -0.718. The minimum atomic E-state index is -0.160. The van der Waals surface area contributed by atoms with Crippen LogP contribution in [0.15, 0.2) is 42.5 Å². The number of benzene rings is 2. The largest absolute Gasteiger partial charge is 0.330 e. The molecule has 0 unspecified atom stereocenters. The summed E-state index contributed by atoms with van der Waals surface area (Å²) in [5.41, 5.74) is 5.65. The van der Waals surface area contributed by atoms with Crippen LogP contribution < -0.4 is 10.6 Å². The Balaban J connectivity index is 2.12. The summed E-state index contributed by atoms with van der Waals surface area (Å²) < 4.78 is 0. The summed E-state index contributed by atoms with van der Waals surface area (Å²) in [6.45, 7) is 12.6. The summed E-state index contributed by atoms with van der Waals surface area (Å²) >= 11 is 0. The molecule has 0 saturated carbocycles. The predicted octanol–water partition coefficient (Wildman–Crippen LogP) is 3.90. The third-order valence-corrected chi connectivity index (χ3v) is 4.74. The minimum Gasteiger partial charge on any atom is -0.330 e. The van der Waals surface area contributed by atoms with Gasteiger partial charge in [0.2, 0.25) is 0 Å². The van der Waals surface area contributed by atoms with Crippen LogP contribution in [0.4, 0.5) is 5.69 Å². The monoisotopic (exact) mass is 339 g/mol. The normalized spacial score (nSPS) is 13.6. The molecule has 0 aliphatic heterocycles. The molecular weight excluding hydrogens is 308 g/mol. The lowest BCUT2D eigenvalue weighted by Crippen LogP contribution is -2.93. The van der Waals surface area contributed by atoms with Crippen molar-refractivity contribution in [2.45, 2.75) is 53.6 Å². The van der Waals surface area contributed by atoms with Gasteiger partial charge < -0.3 is 10.6 Å². The van der Waals surface area contributed by atoms with Gasteiger partial charge in [0, 0.05) is 17.2 Å². The molecular formula is C22H31N2O+. The number of nitrogens with two attached hydrogens (primary N) is 1. The molecule has 0 heterocycles. The van der Waals surface area contributed by atoms with Gasteiger partial charge in [0.05, 0.1) is 0 Å². The summed E-state index contributed by atoms with van der Waals surface area (Å²) in [7, 11) is 0. The molecule has 3 nitrogen and oxygen atoms in total. The molecule has 3 N–H and O–H groups in total. The number of hydrogen-bond acceptors (Lipinski definition) is 1. The second-order valence-corrected chi connectivity index (χ2v) is 7.42. The van der Waals surface area contributed by atoms with Crippen molar-refractivity contribution in [1.29, 1.82) is 0 Å². The number of hydrogen-bond donors (Lipinski definition) is 2. The maximum absolute atomic E-state index is 12.7. The van der Waals surface area contributed by atoms with E-state index >= 15 is 0 Å². The van der Waals surface area contributed by atoms with Gasteiger partial charge in [0.1, 0.15) is 6.04 Å². The fraction of sp³-hybridized carbons (Fsp3) is 0.409. The Labute approximate surface area is 151 Å². The number of nitrogens with one attached hydrogen (secondary N) is 1. The Morgan fingerprint density at radius 1 is 0.960 bits per heavy atom. The highest BCUT2D eigenvalue weighted by molar-refractivity contribution is 5.95. The van der Waals surface area contributed by atoms with Crippen LogP contribution in [-0.4, -0.2) is 11.9 Å². The third-order valence-electron chi connectivity index (χ3n) is 4.74. The van der Waals surface area contributed by atoms with Crippen molar-refractivity contribution in [3.63, 3.8) is 0 Å². The Kier molecular flexibility index (Phi) is 6.38. The highest BCUT2D eigenvalue weighted by atomic mass is 16.2. The van der Waals surface area contributed by atoms with E-state index in [0.29, 0.717) is 5.92 Å². The van der Waals surface area contributed by atoms with Gasteiger partial charge in [-0.15, -0.1) is 0 Å². The zero-order valence-corrected chi connectivity index (χ0v) is 16.3. The van der Waals surface area contributed by atoms with Crippen LogP contribution in [0.1, 0.15) is 49.1 Å². The standard InChI is InChI=1S/C22H30N2O/c1-14(2)20(19-10-8-7-9-11-19)23-18(6)22(25)24-21-16(4)12-15(3)13-17(21)5/h7-14,18,20,23H,1-6H3,(H,24,25)/p+1/t18-,20+/m0/s1. The Morgan fingerprint density at radius 3 is 2.04 bits per heavy atom. The number of anilines is 1. The van der Waals surface area contributed by atoms with Crippen LogP contribution in [0, 0.1) is 26.7 Å². The molecule has 0 radical (unpaired) electrons. The van der Waals surface area contributed by atoms with Crippen molar-refractivity contribution in [3.05, 3.63) is 64.7 Å². The molecule has 2 aromatic rings. The number of aryl methyl sites for hydroxylation is 3. The van der Waals surface area contributed by atoms with Crippen molar-refractivity contribution in [2.75, 3.05) is 5.32 Å². The first-order chi connectivity index (χ1) is 11.8. The molecule has 1 amide bonds. The second-order valence-electron chi connectivity index (χ2n) is 7.42. The van der Waals surface area contributed by atoms with E-state index in [1.165, 1.54) is 11.1 Å². The zero-order valence-electron chi connectivity index (χ0n) is 16.3. The highest BCUT2D eigenvalue weighted by Crippen LogP contribution is 2.22. The first-order valence-corrected chi connectivity index (χ1v) is 9.08. The fourth-order valence-corrected chi connectivity index (χ4v) is 3.41. The van der Waals surface area contributed by atoms with Crippen LogP contribution in [0.25, 0.3) is 0 Å². The molecule has 0 aromatic heterocycles. The van der Waals surface area contributed by atoms with Gasteiger partial charge in [-0.1, -0.05) is 61.9 Å². The van der Waals surface area contributed by atoms with Crippen LogP contribution >= 0.6 is 0 Å². The summed E-state index contributed by atoms with van der Waals surface area (Å²) in [6.07, 6.45) is 0. The molecule has 0 fully saturated rings. The van der Waals surface area contributed by atoms with E-state index in [2.05, 4.69) is 67.8 Å². The van der Waals surface area contributed by atoms with E-state index in [9.17, 15) is 4.79 Å². The van der Waals surface area contributed by atoms with E-state index in [-0.39, 0.29) is 18.0 Å². The molecule has 134 valence electrons. The Morgan fingerprint density at radius 2 is 1.52 bits per heavy atom. The number of rotatable bonds is 6. The molecule has 0 aliphatic carbocycles. The van der Waals surface area contributed by atoms with Crippen LogP contribution in [0.2, 0.25) is 0 Å².